The minimum absolute atomic E-state index is 0.0633. The molecule has 2 aliphatic rings. The molecule has 1 saturated heterocycles. The van der Waals surface area contributed by atoms with E-state index in [0.29, 0.717) is 34.7 Å². The Hall–Kier alpha value is -4.11. The maximum absolute atomic E-state index is 14.1. The Morgan fingerprint density at radius 1 is 1.24 bits per heavy atom. The molecule has 0 saturated carbocycles. The van der Waals surface area contributed by atoms with Crippen molar-refractivity contribution >= 4 is 23.1 Å². The lowest BCUT2D eigenvalue weighted by Gasteiger charge is -2.35. The number of amides is 1. The SMILES string of the molecule is COc1ccc2c(c1)[C@]1(C(=O)N2)C(C(=O)c2cccnc2)[C@@H](c2cccc([N+](=O)[O-])c2)CN1C. The van der Waals surface area contributed by atoms with E-state index in [4.69, 9.17) is 4.74 Å². The van der Waals surface area contributed by atoms with Gasteiger partial charge in [-0.05, 0) is 42.9 Å². The van der Waals surface area contributed by atoms with Gasteiger partial charge in [-0.15, -0.1) is 0 Å². The van der Waals surface area contributed by atoms with E-state index < -0.39 is 22.3 Å². The molecule has 9 nitrogen and oxygen atoms in total. The van der Waals surface area contributed by atoms with Crippen LogP contribution in [0.1, 0.15) is 27.4 Å². The van der Waals surface area contributed by atoms with Gasteiger partial charge in [-0.2, -0.15) is 0 Å². The Morgan fingerprint density at radius 3 is 2.76 bits per heavy atom. The number of pyridine rings is 1. The first-order valence-corrected chi connectivity index (χ1v) is 10.8. The highest BCUT2D eigenvalue weighted by atomic mass is 16.6. The van der Waals surface area contributed by atoms with Crippen LogP contribution in [-0.4, -0.2) is 47.2 Å². The number of ether oxygens (including phenoxy) is 1. The number of hydrogen-bond acceptors (Lipinski definition) is 7. The van der Waals surface area contributed by atoms with Gasteiger partial charge in [0, 0.05) is 53.8 Å². The molecule has 3 aromatic rings. The number of carbonyl (C=O) groups excluding carboxylic acids is 2. The van der Waals surface area contributed by atoms with Gasteiger partial charge in [0.15, 0.2) is 5.78 Å². The number of Topliss-reactive ketones (excluding diaryl/α,β-unsaturated/α-hetero) is 1. The highest BCUT2D eigenvalue weighted by Gasteiger charge is 2.64. The predicted molar refractivity (Wildman–Crippen MR) is 124 cm³/mol. The molecule has 1 spiro atoms. The number of hydrogen-bond donors (Lipinski definition) is 1. The van der Waals surface area contributed by atoms with Crippen LogP contribution in [0.15, 0.2) is 67.0 Å². The molecule has 3 heterocycles. The minimum atomic E-state index is -1.31. The molecule has 2 aliphatic heterocycles. The third-order valence-corrected chi connectivity index (χ3v) is 6.89. The van der Waals surface area contributed by atoms with Crippen LogP contribution >= 0.6 is 0 Å². The quantitative estimate of drug-likeness (QED) is 0.354. The number of methoxy groups -OCH3 is 1. The summed E-state index contributed by atoms with van der Waals surface area (Å²) in [6.07, 6.45) is 3.06. The molecule has 1 fully saturated rings. The van der Waals surface area contributed by atoms with Crippen molar-refractivity contribution in [1.82, 2.24) is 9.88 Å². The number of fused-ring (bicyclic) bond motifs is 2. The number of aromatic nitrogens is 1. The molecule has 3 atom stereocenters. The fourth-order valence-corrected chi connectivity index (χ4v) is 5.40. The van der Waals surface area contributed by atoms with Crippen molar-refractivity contribution in [3.63, 3.8) is 0 Å². The van der Waals surface area contributed by atoms with Crippen LogP contribution in [0.5, 0.6) is 5.75 Å². The molecule has 1 N–H and O–H groups in total. The third kappa shape index (κ3) is 3.08. The number of likely N-dealkylation sites (tertiary alicyclic amines) is 1. The van der Waals surface area contributed by atoms with Gasteiger partial charge in [-0.25, -0.2) is 0 Å². The first kappa shape index (κ1) is 21.7. The highest BCUT2D eigenvalue weighted by molar-refractivity contribution is 6.12. The van der Waals surface area contributed by atoms with E-state index in [2.05, 4.69) is 10.3 Å². The zero-order chi connectivity index (χ0) is 24.0. The van der Waals surface area contributed by atoms with Crippen molar-refractivity contribution < 1.29 is 19.2 Å². The molecule has 9 heteroatoms. The highest BCUT2D eigenvalue weighted by Crippen LogP contribution is 2.56. The molecule has 0 bridgehead atoms. The number of likely N-dealkylation sites (N-methyl/N-ethyl adjacent to an activating group) is 1. The lowest BCUT2D eigenvalue weighted by molar-refractivity contribution is -0.384. The van der Waals surface area contributed by atoms with E-state index >= 15 is 0 Å². The molecule has 34 heavy (non-hydrogen) atoms. The monoisotopic (exact) mass is 458 g/mol. The minimum Gasteiger partial charge on any atom is -0.497 e. The molecule has 2 aromatic carbocycles. The summed E-state index contributed by atoms with van der Waals surface area (Å²) in [5.74, 6) is -1.32. The molecule has 0 radical (unpaired) electrons. The first-order valence-electron chi connectivity index (χ1n) is 10.8. The number of ketones is 1. The fraction of sp³-hybridized carbons (Fsp3) is 0.240. The van der Waals surface area contributed by atoms with Gasteiger partial charge in [-0.3, -0.25) is 29.6 Å². The summed E-state index contributed by atoms with van der Waals surface area (Å²) in [5, 5.41) is 14.4. The van der Waals surface area contributed by atoms with Gasteiger partial charge in [0.2, 0.25) is 5.91 Å². The number of rotatable bonds is 5. The number of non-ortho nitro benzene ring substituents is 1. The molecular weight excluding hydrogens is 436 g/mol. The normalized spacial score (nSPS) is 23.5. The van der Waals surface area contributed by atoms with Crippen LogP contribution in [0.3, 0.4) is 0 Å². The predicted octanol–water partition coefficient (Wildman–Crippen LogP) is 3.37. The topological polar surface area (TPSA) is 115 Å². The number of nitrogens with one attached hydrogen (secondary N) is 1. The van der Waals surface area contributed by atoms with Crippen LogP contribution in [0, 0.1) is 16.0 Å². The molecule has 172 valence electrons. The summed E-state index contributed by atoms with van der Waals surface area (Å²) in [4.78, 5) is 44.7. The van der Waals surface area contributed by atoms with Crippen molar-refractivity contribution in [2.24, 2.45) is 5.92 Å². The lowest BCUT2D eigenvalue weighted by atomic mass is 9.70. The largest absolute Gasteiger partial charge is 0.497 e. The molecule has 1 aromatic heterocycles. The Balaban J connectivity index is 1.74. The smallest absolute Gasteiger partial charge is 0.269 e. The van der Waals surface area contributed by atoms with Crippen LogP contribution in [0.25, 0.3) is 0 Å². The van der Waals surface area contributed by atoms with E-state index in [-0.39, 0.29) is 17.4 Å². The average Bonchev–Trinajstić information content (AvgIpc) is 3.33. The van der Waals surface area contributed by atoms with Crippen LogP contribution in [0.2, 0.25) is 0 Å². The van der Waals surface area contributed by atoms with Gasteiger partial charge in [0.25, 0.3) is 5.69 Å². The van der Waals surface area contributed by atoms with Gasteiger partial charge >= 0.3 is 0 Å². The van der Waals surface area contributed by atoms with E-state index in [9.17, 15) is 19.7 Å². The summed E-state index contributed by atoms with van der Waals surface area (Å²) >= 11 is 0. The van der Waals surface area contributed by atoms with E-state index in [1.54, 1.807) is 62.8 Å². The number of nitro benzene ring substituents is 1. The number of nitro groups is 1. The average molecular weight is 458 g/mol. The van der Waals surface area contributed by atoms with Gasteiger partial charge < -0.3 is 10.1 Å². The second kappa shape index (κ2) is 8.03. The molecule has 1 unspecified atom stereocenters. The van der Waals surface area contributed by atoms with Crippen molar-refractivity contribution in [2.45, 2.75) is 11.5 Å². The first-order chi connectivity index (χ1) is 16.4. The van der Waals surface area contributed by atoms with Crippen LogP contribution in [0.4, 0.5) is 11.4 Å². The molecule has 5 rings (SSSR count). The summed E-state index contributed by atoms with van der Waals surface area (Å²) < 4.78 is 5.42. The lowest BCUT2D eigenvalue weighted by Crippen LogP contribution is -2.51. The van der Waals surface area contributed by atoms with E-state index in [0.717, 1.165) is 0 Å². The van der Waals surface area contributed by atoms with Crippen LogP contribution in [-0.2, 0) is 10.3 Å². The maximum atomic E-state index is 14.1. The van der Waals surface area contributed by atoms with Crippen molar-refractivity contribution in [3.8, 4) is 5.75 Å². The summed E-state index contributed by atoms with van der Waals surface area (Å²) in [6.45, 7) is 0.349. The van der Waals surface area contributed by atoms with Gasteiger partial charge in [0.1, 0.15) is 11.3 Å². The Kier molecular flexibility index (Phi) is 5.13. The standard InChI is InChI=1S/C25H22N4O5/c1-28-14-19(15-5-3-7-17(11-15)29(32)33)22(23(30)16-6-4-10-26-13-16)25(28)20-12-18(34-2)8-9-21(20)27-24(25)31/h3-13,19,22H,14H2,1-2H3,(H,27,31)/t19-,22?,25-/m1/s1. The van der Waals surface area contributed by atoms with Gasteiger partial charge in [0.05, 0.1) is 18.0 Å². The van der Waals surface area contributed by atoms with Crippen molar-refractivity contribution in [2.75, 3.05) is 26.0 Å². The molecular formula is C25H22N4O5. The molecule has 1 amide bonds. The van der Waals surface area contributed by atoms with Crippen molar-refractivity contribution in [3.05, 3.63) is 93.8 Å². The number of benzene rings is 2. The number of carbonyl (C=O) groups is 2. The Labute approximate surface area is 195 Å². The maximum Gasteiger partial charge on any atom is 0.269 e. The summed E-state index contributed by atoms with van der Waals surface area (Å²) in [5.41, 5.74) is 0.889. The molecule has 0 aliphatic carbocycles. The Bertz CT molecular complexity index is 1310. The van der Waals surface area contributed by atoms with Crippen LogP contribution < -0.4 is 10.1 Å². The zero-order valence-electron chi connectivity index (χ0n) is 18.6. The van der Waals surface area contributed by atoms with E-state index in [1.807, 2.05) is 4.90 Å². The summed E-state index contributed by atoms with van der Waals surface area (Å²) in [6, 6.07) is 14.9. The van der Waals surface area contributed by atoms with Gasteiger partial charge in [-0.1, -0.05) is 12.1 Å². The number of anilines is 1. The summed E-state index contributed by atoms with van der Waals surface area (Å²) in [7, 11) is 3.34. The third-order valence-electron chi connectivity index (χ3n) is 6.89. The number of nitrogens with zero attached hydrogens (tertiary/aromatic N) is 3. The Morgan fingerprint density at radius 2 is 2.06 bits per heavy atom. The van der Waals surface area contributed by atoms with E-state index in [1.165, 1.54) is 18.3 Å². The zero-order valence-corrected chi connectivity index (χ0v) is 18.6. The van der Waals surface area contributed by atoms with Crippen molar-refractivity contribution in [1.29, 1.82) is 0 Å². The second-order valence-electron chi connectivity index (χ2n) is 8.55. The second-order valence-corrected chi connectivity index (χ2v) is 8.55. The fourth-order valence-electron chi connectivity index (χ4n) is 5.40.